The fraction of sp³-hybridized carbons (Fsp3) is 0.625. The van der Waals surface area contributed by atoms with Crippen LogP contribution in [0.3, 0.4) is 0 Å². The average Bonchev–Trinajstić information content (AvgIpc) is 2.43. The molecule has 2 aliphatic heterocycles. The van der Waals surface area contributed by atoms with Gasteiger partial charge in [-0.05, 0) is 55.0 Å². The molecule has 1 unspecified atom stereocenters. The summed E-state index contributed by atoms with van der Waals surface area (Å²) in [6.45, 7) is 2.88. The molecule has 2 fully saturated rings. The summed E-state index contributed by atoms with van der Waals surface area (Å²) in [6.07, 6.45) is 4.61. The Morgan fingerprint density at radius 1 is 1.35 bits per heavy atom. The molecule has 1 aromatic carbocycles. The van der Waals surface area contributed by atoms with Gasteiger partial charge >= 0.3 is 0 Å². The van der Waals surface area contributed by atoms with Gasteiger partial charge in [-0.15, -0.1) is 0 Å². The van der Waals surface area contributed by atoms with Crippen LogP contribution in [-0.2, 0) is 4.74 Å². The molecule has 1 atom stereocenters. The molecule has 0 aliphatic carbocycles. The van der Waals surface area contributed by atoms with E-state index in [0.29, 0.717) is 0 Å². The van der Waals surface area contributed by atoms with Crippen molar-refractivity contribution in [3.05, 3.63) is 23.8 Å². The van der Waals surface area contributed by atoms with Gasteiger partial charge in [0.15, 0.2) is 0 Å². The molecule has 0 amide bonds. The predicted octanol–water partition coefficient (Wildman–Crippen LogP) is 3.40. The highest BCUT2D eigenvalue weighted by molar-refractivity contribution is 7.99. The molecule has 2 saturated heterocycles. The molecule has 110 valence electrons. The standard InChI is InChI=1S/C16H23NO2S/c1-12-10-13(17)2-3-15(12)19-14-4-7-18-16(11-14)5-8-20-9-6-16/h2-3,10,14H,4-9,11,17H2,1H3. The third kappa shape index (κ3) is 3.07. The summed E-state index contributed by atoms with van der Waals surface area (Å²) in [7, 11) is 0. The Hall–Kier alpha value is -0.870. The third-order valence-corrected chi connectivity index (χ3v) is 5.33. The zero-order valence-electron chi connectivity index (χ0n) is 12.1. The summed E-state index contributed by atoms with van der Waals surface area (Å²) in [6, 6.07) is 5.87. The maximum Gasteiger partial charge on any atom is 0.122 e. The van der Waals surface area contributed by atoms with Gasteiger partial charge in [0.2, 0.25) is 0 Å². The topological polar surface area (TPSA) is 44.5 Å². The van der Waals surface area contributed by atoms with E-state index in [0.717, 1.165) is 49.3 Å². The van der Waals surface area contributed by atoms with Crippen LogP contribution < -0.4 is 10.5 Å². The van der Waals surface area contributed by atoms with Crippen molar-refractivity contribution in [2.75, 3.05) is 23.8 Å². The first-order valence-corrected chi connectivity index (χ1v) is 8.57. The number of hydrogen-bond donors (Lipinski definition) is 1. The molecule has 1 aromatic rings. The first-order chi connectivity index (χ1) is 9.67. The van der Waals surface area contributed by atoms with Crippen molar-refractivity contribution >= 4 is 17.4 Å². The van der Waals surface area contributed by atoms with Crippen LogP contribution in [0.2, 0.25) is 0 Å². The Kier molecular flexibility index (Phi) is 4.13. The molecular formula is C16H23NO2S. The number of anilines is 1. The van der Waals surface area contributed by atoms with E-state index in [9.17, 15) is 0 Å². The first kappa shape index (κ1) is 14.1. The Labute approximate surface area is 125 Å². The summed E-state index contributed by atoms with van der Waals surface area (Å²) in [4.78, 5) is 0. The number of thioether (sulfide) groups is 1. The summed E-state index contributed by atoms with van der Waals surface area (Å²) in [5, 5.41) is 0. The quantitative estimate of drug-likeness (QED) is 0.849. The molecule has 2 aliphatic rings. The van der Waals surface area contributed by atoms with E-state index in [1.165, 1.54) is 11.5 Å². The lowest BCUT2D eigenvalue weighted by Gasteiger charge is -2.43. The number of hydrogen-bond acceptors (Lipinski definition) is 4. The molecular weight excluding hydrogens is 270 g/mol. The SMILES string of the molecule is Cc1cc(N)ccc1OC1CCOC2(CCSCC2)C1. The summed E-state index contributed by atoms with van der Waals surface area (Å²) >= 11 is 2.04. The number of nitrogen functional groups attached to an aromatic ring is 1. The lowest BCUT2D eigenvalue weighted by molar-refractivity contribution is -0.116. The number of nitrogens with two attached hydrogens (primary N) is 1. The molecule has 2 heterocycles. The highest BCUT2D eigenvalue weighted by atomic mass is 32.2. The summed E-state index contributed by atoms with van der Waals surface area (Å²) < 4.78 is 12.3. The molecule has 0 aromatic heterocycles. The Bertz CT molecular complexity index is 466. The molecule has 0 bridgehead atoms. The average molecular weight is 293 g/mol. The lowest BCUT2D eigenvalue weighted by Crippen LogP contribution is -2.46. The van der Waals surface area contributed by atoms with Gasteiger partial charge < -0.3 is 15.2 Å². The number of rotatable bonds is 2. The number of ether oxygens (including phenoxy) is 2. The van der Waals surface area contributed by atoms with E-state index in [1.54, 1.807) is 0 Å². The second-order valence-corrected chi connectivity index (χ2v) is 7.13. The van der Waals surface area contributed by atoms with Gasteiger partial charge in [-0.1, -0.05) is 0 Å². The fourth-order valence-electron chi connectivity index (χ4n) is 3.16. The van der Waals surface area contributed by atoms with Crippen molar-refractivity contribution in [1.82, 2.24) is 0 Å². The van der Waals surface area contributed by atoms with Gasteiger partial charge in [0.25, 0.3) is 0 Å². The minimum absolute atomic E-state index is 0.0792. The third-order valence-electron chi connectivity index (χ3n) is 4.34. The van der Waals surface area contributed by atoms with Crippen molar-refractivity contribution in [1.29, 1.82) is 0 Å². The predicted molar refractivity (Wildman–Crippen MR) is 84.5 cm³/mol. The maximum absolute atomic E-state index is 6.23. The molecule has 0 radical (unpaired) electrons. The second-order valence-electron chi connectivity index (χ2n) is 5.90. The van der Waals surface area contributed by atoms with Gasteiger partial charge in [0.05, 0.1) is 12.2 Å². The maximum atomic E-state index is 6.23. The molecule has 4 heteroatoms. The van der Waals surface area contributed by atoms with E-state index < -0.39 is 0 Å². The normalized spacial score (nSPS) is 25.6. The van der Waals surface area contributed by atoms with E-state index in [-0.39, 0.29) is 11.7 Å². The molecule has 3 rings (SSSR count). The van der Waals surface area contributed by atoms with Crippen molar-refractivity contribution < 1.29 is 9.47 Å². The summed E-state index contributed by atoms with van der Waals surface area (Å²) in [5.74, 6) is 3.40. The fourth-order valence-corrected chi connectivity index (χ4v) is 4.40. The van der Waals surface area contributed by atoms with Gasteiger partial charge in [-0.25, -0.2) is 0 Å². The molecule has 3 nitrogen and oxygen atoms in total. The molecule has 1 spiro atoms. The first-order valence-electron chi connectivity index (χ1n) is 7.41. The van der Waals surface area contributed by atoms with Crippen LogP contribution in [0.15, 0.2) is 18.2 Å². The minimum atomic E-state index is 0.0792. The highest BCUT2D eigenvalue weighted by Crippen LogP contribution is 2.39. The molecule has 2 N–H and O–H groups in total. The van der Waals surface area contributed by atoms with Crippen LogP contribution in [0.4, 0.5) is 5.69 Å². The van der Waals surface area contributed by atoms with E-state index in [1.807, 2.05) is 30.0 Å². The van der Waals surface area contributed by atoms with E-state index >= 15 is 0 Å². The number of aryl methyl sites for hydroxylation is 1. The van der Waals surface area contributed by atoms with Crippen LogP contribution in [0.1, 0.15) is 31.2 Å². The van der Waals surface area contributed by atoms with Crippen LogP contribution >= 0.6 is 11.8 Å². The number of benzene rings is 1. The van der Waals surface area contributed by atoms with Crippen LogP contribution in [0.25, 0.3) is 0 Å². The van der Waals surface area contributed by atoms with Crippen molar-refractivity contribution in [3.8, 4) is 5.75 Å². The zero-order valence-corrected chi connectivity index (χ0v) is 12.9. The van der Waals surface area contributed by atoms with E-state index in [4.69, 9.17) is 15.2 Å². The monoisotopic (exact) mass is 293 g/mol. The van der Waals surface area contributed by atoms with Gasteiger partial charge in [0.1, 0.15) is 11.9 Å². The Morgan fingerprint density at radius 3 is 2.90 bits per heavy atom. The second kappa shape index (κ2) is 5.86. The Balaban J connectivity index is 1.68. The van der Waals surface area contributed by atoms with Crippen LogP contribution in [0, 0.1) is 6.92 Å². The van der Waals surface area contributed by atoms with Crippen molar-refractivity contribution in [2.24, 2.45) is 0 Å². The Morgan fingerprint density at radius 2 is 2.15 bits per heavy atom. The highest BCUT2D eigenvalue weighted by Gasteiger charge is 2.39. The van der Waals surface area contributed by atoms with Gasteiger partial charge in [-0.3, -0.25) is 0 Å². The minimum Gasteiger partial charge on any atom is -0.490 e. The summed E-state index contributed by atoms with van der Waals surface area (Å²) in [5.41, 5.74) is 7.78. The largest absolute Gasteiger partial charge is 0.490 e. The lowest BCUT2D eigenvalue weighted by atomic mass is 9.86. The van der Waals surface area contributed by atoms with Gasteiger partial charge in [-0.2, -0.15) is 11.8 Å². The van der Waals surface area contributed by atoms with E-state index in [2.05, 4.69) is 6.92 Å². The zero-order chi connectivity index (χ0) is 14.0. The smallest absolute Gasteiger partial charge is 0.122 e. The van der Waals surface area contributed by atoms with Crippen LogP contribution in [0.5, 0.6) is 5.75 Å². The van der Waals surface area contributed by atoms with Crippen LogP contribution in [-0.4, -0.2) is 29.8 Å². The molecule has 0 saturated carbocycles. The molecule has 20 heavy (non-hydrogen) atoms. The van der Waals surface area contributed by atoms with Gasteiger partial charge in [0, 0.05) is 18.5 Å². The van der Waals surface area contributed by atoms with Crippen molar-refractivity contribution in [2.45, 2.75) is 44.3 Å². The van der Waals surface area contributed by atoms with Crippen molar-refractivity contribution in [3.63, 3.8) is 0 Å².